The molecule has 0 aliphatic carbocycles. The van der Waals surface area contributed by atoms with Gasteiger partial charge in [0.05, 0.1) is 11.3 Å². The van der Waals surface area contributed by atoms with E-state index in [1.165, 1.54) is 23.5 Å². The summed E-state index contributed by atoms with van der Waals surface area (Å²) < 4.78 is 38.3. The number of thiazole rings is 1. The average molecular weight is 363 g/mol. The maximum atomic E-state index is 12.8. The predicted molar refractivity (Wildman–Crippen MR) is 89.5 cm³/mol. The molecule has 25 heavy (non-hydrogen) atoms. The van der Waals surface area contributed by atoms with Crippen molar-refractivity contribution in [3.05, 3.63) is 64.9 Å². The molecule has 0 unspecified atom stereocenters. The van der Waals surface area contributed by atoms with Crippen LogP contribution in [0.4, 0.5) is 18.9 Å². The zero-order valence-corrected chi connectivity index (χ0v) is 13.8. The number of benzene rings is 1. The first kappa shape index (κ1) is 17.1. The highest BCUT2D eigenvalue weighted by molar-refractivity contribution is 7.17. The lowest BCUT2D eigenvalue weighted by molar-refractivity contribution is -0.137. The van der Waals surface area contributed by atoms with E-state index < -0.39 is 17.6 Å². The van der Waals surface area contributed by atoms with Crippen LogP contribution in [0.5, 0.6) is 0 Å². The zero-order chi connectivity index (χ0) is 18.0. The SMILES string of the molecule is Cc1nc(-c2ccncc2)sc1C(=O)Nc1cccc(C(F)(F)F)c1. The van der Waals surface area contributed by atoms with Gasteiger partial charge in [0.15, 0.2) is 0 Å². The highest BCUT2D eigenvalue weighted by atomic mass is 32.1. The van der Waals surface area contributed by atoms with E-state index in [0.717, 1.165) is 17.7 Å². The maximum absolute atomic E-state index is 12.8. The number of amides is 1. The Bertz CT molecular complexity index is 907. The first-order chi connectivity index (χ1) is 11.8. The Morgan fingerprint density at radius 2 is 1.88 bits per heavy atom. The lowest BCUT2D eigenvalue weighted by atomic mass is 10.2. The standard InChI is InChI=1S/C17H12F3N3OS/c1-10-14(25-16(22-10)11-5-7-21-8-6-11)15(24)23-13-4-2-3-12(9-13)17(18,19)20/h2-9H,1H3,(H,23,24). The van der Waals surface area contributed by atoms with Crippen molar-refractivity contribution in [1.82, 2.24) is 9.97 Å². The molecular weight excluding hydrogens is 351 g/mol. The van der Waals surface area contributed by atoms with E-state index in [9.17, 15) is 18.0 Å². The fraction of sp³-hybridized carbons (Fsp3) is 0.118. The third-order valence-electron chi connectivity index (χ3n) is 3.38. The van der Waals surface area contributed by atoms with Gasteiger partial charge in [-0.3, -0.25) is 9.78 Å². The van der Waals surface area contributed by atoms with Gasteiger partial charge in [0.1, 0.15) is 9.88 Å². The molecular formula is C17H12F3N3OS. The molecule has 0 aliphatic rings. The van der Waals surface area contributed by atoms with Gasteiger partial charge in [0.25, 0.3) is 5.91 Å². The quantitative estimate of drug-likeness (QED) is 0.728. The molecule has 2 aromatic heterocycles. The highest BCUT2D eigenvalue weighted by Crippen LogP contribution is 2.31. The summed E-state index contributed by atoms with van der Waals surface area (Å²) in [6.45, 7) is 1.68. The molecule has 1 aromatic carbocycles. The molecule has 2 heterocycles. The Morgan fingerprint density at radius 1 is 1.16 bits per heavy atom. The van der Waals surface area contributed by atoms with E-state index in [1.54, 1.807) is 31.5 Å². The van der Waals surface area contributed by atoms with Crippen molar-refractivity contribution in [2.75, 3.05) is 5.32 Å². The number of nitrogens with zero attached hydrogens (tertiary/aromatic N) is 2. The molecule has 1 amide bonds. The highest BCUT2D eigenvalue weighted by Gasteiger charge is 2.30. The minimum atomic E-state index is -4.46. The zero-order valence-electron chi connectivity index (χ0n) is 13.0. The second kappa shape index (κ2) is 6.64. The van der Waals surface area contributed by atoms with Crippen molar-refractivity contribution in [3.63, 3.8) is 0 Å². The van der Waals surface area contributed by atoms with E-state index in [-0.39, 0.29) is 5.69 Å². The molecule has 0 aliphatic heterocycles. The number of hydrogen-bond acceptors (Lipinski definition) is 4. The summed E-state index contributed by atoms with van der Waals surface area (Å²) in [5.74, 6) is -0.491. The molecule has 4 nitrogen and oxygen atoms in total. The summed E-state index contributed by atoms with van der Waals surface area (Å²) in [6, 6.07) is 8.06. The molecule has 1 N–H and O–H groups in total. The molecule has 0 saturated heterocycles. The summed E-state index contributed by atoms with van der Waals surface area (Å²) in [7, 11) is 0. The molecule has 128 valence electrons. The average Bonchev–Trinajstić information content (AvgIpc) is 2.97. The van der Waals surface area contributed by atoms with E-state index in [2.05, 4.69) is 15.3 Å². The van der Waals surface area contributed by atoms with Crippen molar-refractivity contribution >= 4 is 22.9 Å². The molecule has 0 saturated carbocycles. The Hall–Kier alpha value is -2.74. The number of aryl methyl sites for hydroxylation is 1. The normalized spacial score (nSPS) is 11.4. The van der Waals surface area contributed by atoms with Crippen LogP contribution in [0.15, 0.2) is 48.8 Å². The van der Waals surface area contributed by atoms with Gasteiger partial charge in [-0.1, -0.05) is 6.07 Å². The Kier molecular flexibility index (Phi) is 4.54. The van der Waals surface area contributed by atoms with E-state index in [1.807, 2.05) is 0 Å². The third kappa shape index (κ3) is 3.85. The Labute approximate surface area is 145 Å². The van der Waals surface area contributed by atoms with E-state index in [0.29, 0.717) is 15.6 Å². The van der Waals surface area contributed by atoms with Gasteiger partial charge in [-0.2, -0.15) is 13.2 Å². The molecule has 3 rings (SSSR count). The van der Waals surface area contributed by atoms with Crippen LogP contribution >= 0.6 is 11.3 Å². The number of anilines is 1. The molecule has 0 fully saturated rings. The van der Waals surface area contributed by atoms with Gasteiger partial charge in [0, 0.05) is 23.6 Å². The number of aromatic nitrogens is 2. The molecule has 0 bridgehead atoms. The molecule has 0 radical (unpaired) electrons. The predicted octanol–water partition coefficient (Wildman–Crippen LogP) is 4.78. The van der Waals surface area contributed by atoms with Gasteiger partial charge >= 0.3 is 6.18 Å². The van der Waals surface area contributed by atoms with Crippen molar-refractivity contribution in [3.8, 4) is 10.6 Å². The lowest BCUT2D eigenvalue weighted by Crippen LogP contribution is -2.13. The number of carbonyl (C=O) groups is 1. The summed E-state index contributed by atoms with van der Waals surface area (Å²) >= 11 is 1.18. The van der Waals surface area contributed by atoms with Crippen LogP contribution < -0.4 is 5.32 Å². The number of pyridine rings is 1. The number of rotatable bonds is 3. The number of halogens is 3. The first-order valence-corrected chi connectivity index (χ1v) is 8.02. The molecule has 3 aromatic rings. The summed E-state index contributed by atoms with van der Waals surface area (Å²) in [6.07, 6.45) is -1.22. The second-order valence-corrected chi connectivity index (χ2v) is 6.20. The van der Waals surface area contributed by atoms with Gasteiger partial charge in [-0.15, -0.1) is 11.3 Å². The van der Waals surface area contributed by atoms with Gasteiger partial charge in [-0.25, -0.2) is 4.98 Å². The van der Waals surface area contributed by atoms with Crippen LogP contribution in [0.3, 0.4) is 0 Å². The van der Waals surface area contributed by atoms with Crippen molar-refractivity contribution in [1.29, 1.82) is 0 Å². The molecule has 0 atom stereocenters. The second-order valence-electron chi connectivity index (χ2n) is 5.20. The van der Waals surface area contributed by atoms with Crippen LogP contribution in [0.2, 0.25) is 0 Å². The van der Waals surface area contributed by atoms with Crippen LogP contribution in [0.25, 0.3) is 10.6 Å². The van der Waals surface area contributed by atoms with Crippen LogP contribution in [-0.2, 0) is 6.18 Å². The number of nitrogens with one attached hydrogen (secondary N) is 1. The lowest BCUT2D eigenvalue weighted by Gasteiger charge is -2.09. The first-order valence-electron chi connectivity index (χ1n) is 7.21. The third-order valence-corrected chi connectivity index (χ3v) is 4.58. The fourth-order valence-electron chi connectivity index (χ4n) is 2.19. The van der Waals surface area contributed by atoms with Crippen molar-refractivity contribution < 1.29 is 18.0 Å². The summed E-state index contributed by atoms with van der Waals surface area (Å²) in [5, 5.41) is 3.14. The number of alkyl halides is 3. The van der Waals surface area contributed by atoms with Crippen LogP contribution in [-0.4, -0.2) is 15.9 Å². The smallest absolute Gasteiger partial charge is 0.321 e. The summed E-state index contributed by atoms with van der Waals surface area (Å²) in [5.41, 5.74) is 0.601. The van der Waals surface area contributed by atoms with Gasteiger partial charge < -0.3 is 5.32 Å². The number of hydrogen-bond donors (Lipinski definition) is 1. The van der Waals surface area contributed by atoms with Crippen molar-refractivity contribution in [2.45, 2.75) is 13.1 Å². The van der Waals surface area contributed by atoms with Gasteiger partial charge in [-0.05, 0) is 37.3 Å². The maximum Gasteiger partial charge on any atom is 0.416 e. The number of carbonyl (C=O) groups excluding carboxylic acids is 1. The molecule has 8 heteroatoms. The summed E-state index contributed by atoms with van der Waals surface area (Å²) in [4.78, 5) is 21.0. The van der Waals surface area contributed by atoms with E-state index >= 15 is 0 Å². The van der Waals surface area contributed by atoms with E-state index in [4.69, 9.17) is 0 Å². The minimum Gasteiger partial charge on any atom is -0.321 e. The fourth-order valence-corrected chi connectivity index (χ4v) is 3.15. The Morgan fingerprint density at radius 3 is 2.56 bits per heavy atom. The van der Waals surface area contributed by atoms with Crippen LogP contribution in [0, 0.1) is 6.92 Å². The van der Waals surface area contributed by atoms with Gasteiger partial charge in [0.2, 0.25) is 0 Å². The monoisotopic (exact) mass is 363 g/mol. The minimum absolute atomic E-state index is 0.0816. The topological polar surface area (TPSA) is 54.9 Å². The van der Waals surface area contributed by atoms with Crippen LogP contribution in [0.1, 0.15) is 20.9 Å². The largest absolute Gasteiger partial charge is 0.416 e. The van der Waals surface area contributed by atoms with Crippen molar-refractivity contribution in [2.24, 2.45) is 0 Å². The Balaban J connectivity index is 1.84. The molecule has 0 spiro atoms.